The number of carbonyl (C=O) groups excluding carboxylic acids is 1. The van der Waals surface area contributed by atoms with Crippen molar-refractivity contribution in [2.45, 2.75) is 6.54 Å². The minimum absolute atomic E-state index is 0.151. The zero-order valence-corrected chi connectivity index (χ0v) is 13.8. The summed E-state index contributed by atoms with van der Waals surface area (Å²) >= 11 is 0. The van der Waals surface area contributed by atoms with Crippen LogP contribution in [0.15, 0.2) is 47.6 Å². The van der Waals surface area contributed by atoms with Gasteiger partial charge in [0.1, 0.15) is 7.11 Å². The highest BCUT2D eigenvalue weighted by Gasteiger charge is 2.13. The number of oxime groups is 1. The average Bonchev–Trinajstić information content (AvgIpc) is 2.60. The molecule has 0 saturated carbocycles. The molecular weight excluding hydrogens is 311 g/mol. The second kappa shape index (κ2) is 8.10. The predicted octanol–water partition coefficient (Wildman–Crippen LogP) is 3.09. The van der Waals surface area contributed by atoms with Crippen molar-refractivity contribution < 1.29 is 18.8 Å². The van der Waals surface area contributed by atoms with Gasteiger partial charge >= 0.3 is 0 Å². The normalized spacial score (nSPS) is 10.7. The van der Waals surface area contributed by atoms with E-state index in [-0.39, 0.29) is 11.7 Å². The van der Waals surface area contributed by atoms with Crippen LogP contribution in [0, 0.1) is 5.82 Å². The number of carbonyl (C=O) groups is 1. The number of ether oxygens (including phenoxy) is 1. The fraction of sp³-hybridized carbons (Fsp3) is 0.222. The number of nitrogens with zero attached hydrogens (tertiary/aromatic N) is 2. The van der Waals surface area contributed by atoms with E-state index < -0.39 is 5.82 Å². The van der Waals surface area contributed by atoms with Gasteiger partial charge in [0.25, 0.3) is 5.91 Å². The number of benzene rings is 2. The highest BCUT2D eigenvalue weighted by atomic mass is 19.1. The van der Waals surface area contributed by atoms with Crippen LogP contribution in [0.4, 0.5) is 4.39 Å². The minimum atomic E-state index is -0.447. The first-order valence-electron chi connectivity index (χ1n) is 7.29. The molecule has 2 aromatic rings. The summed E-state index contributed by atoms with van der Waals surface area (Å²) in [5.41, 5.74) is 2.06. The van der Waals surface area contributed by atoms with Crippen molar-refractivity contribution in [3.8, 4) is 5.75 Å². The van der Waals surface area contributed by atoms with Crippen LogP contribution in [0.1, 0.15) is 21.5 Å². The molecule has 0 atom stereocenters. The van der Waals surface area contributed by atoms with Gasteiger partial charge in [-0.25, -0.2) is 4.39 Å². The third-order valence-corrected chi connectivity index (χ3v) is 3.45. The molecule has 0 fully saturated rings. The summed E-state index contributed by atoms with van der Waals surface area (Å²) in [6, 6.07) is 11.6. The molecule has 0 aliphatic rings. The Morgan fingerprint density at radius 3 is 2.50 bits per heavy atom. The Bertz CT molecular complexity index is 730. The quantitative estimate of drug-likeness (QED) is 0.604. The molecule has 0 aliphatic heterocycles. The molecule has 24 heavy (non-hydrogen) atoms. The number of hydrogen-bond acceptors (Lipinski definition) is 4. The smallest absolute Gasteiger partial charge is 0.253 e. The van der Waals surface area contributed by atoms with E-state index in [4.69, 9.17) is 4.74 Å². The second-order valence-corrected chi connectivity index (χ2v) is 5.17. The molecular formula is C18H19FN2O3. The van der Waals surface area contributed by atoms with Crippen LogP contribution in [0.3, 0.4) is 0 Å². The van der Waals surface area contributed by atoms with Gasteiger partial charge in [-0.05, 0) is 35.4 Å². The molecule has 126 valence electrons. The van der Waals surface area contributed by atoms with Crippen LogP contribution < -0.4 is 4.74 Å². The highest BCUT2D eigenvalue weighted by molar-refractivity contribution is 5.94. The third-order valence-electron chi connectivity index (χ3n) is 3.45. The molecule has 0 radical (unpaired) electrons. The minimum Gasteiger partial charge on any atom is -0.494 e. The van der Waals surface area contributed by atoms with Crippen molar-refractivity contribution in [3.05, 3.63) is 65.0 Å². The lowest BCUT2D eigenvalue weighted by Gasteiger charge is -2.18. The van der Waals surface area contributed by atoms with Crippen molar-refractivity contribution in [3.63, 3.8) is 0 Å². The van der Waals surface area contributed by atoms with E-state index in [2.05, 4.69) is 9.99 Å². The number of rotatable bonds is 6. The summed E-state index contributed by atoms with van der Waals surface area (Å²) < 4.78 is 18.6. The van der Waals surface area contributed by atoms with Gasteiger partial charge in [0.05, 0.1) is 13.3 Å². The standard InChI is InChI=1S/C18H19FN2O3/c1-21(12-14-6-9-17(23-2)16(19)10-14)18(22)15-7-4-13(5-8-15)11-20-24-3/h4-11H,12H2,1-3H3/b20-11+. The van der Waals surface area contributed by atoms with Gasteiger partial charge in [-0.3, -0.25) is 4.79 Å². The predicted molar refractivity (Wildman–Crippen MR) is 89.8 cm³/mol. The van der Waals surface area contributed by atoms with Gasteiger partial charge in [-0.1, -0.05) is 23.4 Å². The average molecular weight is 330 g/mol. The first-order chi connectivity index (χ1) is 11.5. The van der Waals surface area contributed by atoms with Crippen LogP contribution in [0.25, 0.3) is 0 Å². The second-order valence-electron chi connectivity index (χ2n) is 5.17. The maximum atomic E-state index is 13.7. The Morgan fingerprint density at radius 1 is 1.21 bits per heavy atom. The zero-order chi connectivity index (χ0) is 17.5. The first-order valence-corrected chi connectivity index (χ1v) is 7.29. The Morgan fingerprint density at radius 2 is 1.92 bits per heavy atom. The molecule has 0 spiro atoms. The fourth-order valence-corrected chi connectivity index (χ4v) is 2.20. The number of methoxy groups -OCH3 is 1. The summed E-state index contributed by atoms with van der Waals surface area (Å²) in [4.78, 5) is 18.6. The van der Waals surface area contributed by atoms with Gasteiger partial charge in [-0.15, -0.1) is 0 Å². The molecule has 0 bridgehead atoms. The van der Waals surface area contributed by atoms with Crippen molar-refractivity contribution in [2.24, 2.45) is 5.16 Å². The van der Waals surface area contributed by atoms with E-state index in [1.807, 2.05) is 0 Å². The lowest BCUT2D eigenvalue weighted by molar-refractivity contribution is 0.0785. The molecule has 0 unspecified atom stereocenters. The summed E-state index contributed by atoms with van der Waals surface area (Å²) in [7, 11) is 4.55. The Balaban J connectivity index is 2.06. The van der Waals surface area contributed by atoms with Gasteiger partial charge in [0.2, 0.25) is 0 Å². The van der Waals surface area contributed by atoms with Crippen LogP contribution in [-0.4, -0.2) is 38.3 Å². The molecule has 0 N–H and O–H groups in total. The van der Waals surface area contributed by atoms with Crippen molar-refractivity contribution in [1.82, 2.24) is 4.90 Å². The van der Waals surface area contributed by atoms with Gasteiger partial charge in [0.15, 0.2) is 11.6 Å². The molecule has 6 heteroatoms. The lowest BCUT2D eigenvalue weighted by Crippen LogP contribution is -2.26. The summed E-state index contributed by atoms with van der Waals surface area (Å²) in [6.07, 6.45) is 1.55. The Kier molecular flexibility index (Phi) is 5.89. The third kappa shape index (κ3) is 4.32. The zero-order valence-electron chi connectivity index (χ0n) is 13.8. The molecule has 0 saturated heterocycles. The Labute approximate surface area is 140 Å². The molecule has 5 nitrogen and oxygen atoms in total. The molecule has 1 amide bonds. The molecule has 0 heterocycles. The van der Waals surface area contributed by atoms with Crippen molar-refractivity contribution >= 4 is 12.1 Å². The van der Waals surface area contributed by atoms with Gasteiger partial charge < -0.3 is 14.5 Å². The van der Waals surface area contributed by atoms with Gasteiger partial charge in [-0.2, -0.15) is 0 Å². The topological polar surface area (TPSA) is 51.1 Å². The molecule has 2 rings (SSSR count). The van der Waals surface area contributed by atoms with Crippen LogP contribution in [-0.2, 0) is 11.4 Å². The van der Waals surface area contributed by atoms with E-state index in [0.29, 0.717) is 17.7 Å². The SMILES string of the molecule is CO/N=C/c1ccc(C(=O)N(C)Cc2ccc(OC)c(F)c2)cc1. The molecule has 0 aromatic heterocycles. The summed E-state index contributed by atoms with van der Waals surface area (Å²) in [5.74, 6) is -0.417. The monoisotopic (exact) mass is 330 g/mol. The fourth-order valence-electron chi connectivity index (χ4n) is 2.20. The maximum absolute atomic E-state index is 13.7. The Hall–Kier alpha value is -2.89. The van der Waals surface area contributed by atoms with E-state index in [1.165, 1.54) is 25.2 Å². The van der Waals surface area contributed by atoms with E-state index in [0.717, 1.165) is 5.56 Å². The largest absolute Gasteiger partial charge is 0.494 e. The highest BCUT2D eigenvalue weighted by Crippen LogP contribution is 2.19. The van der Waals surface area contributed by atoms with Crippen molar-refractivity contribution in [1.29, 1.82) is 0 Å². The van der Waals surface area contributed by atoms with Crippen LogP contribution >= 0.6 is 0 Å². The van der Waals surface area contributed by atoms with Crippen LogP contribution in [0.5, 0.6) is 5.75 Å². The summed E-state index contributed by atoms with van der Waals surface area (Å²) in [6.45, 7) is 0.298. The molecule has 0 aliphatic carbocycles. The number of halogens is 1. The summed E-state index contributed by atoms with van der Waals surface area (Å²) in [5, 5.41) is 3.66. The van der Waals surface area contributed by atoms with Gasteiger partial charge in [0, 0.05) is 19.2 Å². The molecule has 2 aromatic carbocycles. The maximum Gasteiger partial charge on any atom is 0.253 e. The number of amides is 1. The number of hydrogen-bond donors (Lipinski definition) is 0. The van der Waals surface area contributed by atoms with E-state index in [9.17, 15) is 9.18 Å². The van der Waals surface area contributed by atoms with E-state index >= 15 is 0 Å². The lowest BCUT2D eigenvalue weighted by atomic mass is 10.1. The van der Waals surface area contributed by atoms with Crippen molar-refractivity contribution in [2.75, 3.05) is 21.3 Å². The first kappa shape index (κ1) is 17.5. The van der Waals surface area contributed by atoms with Crippen LogP contribution in [0.2, 0.25) is 0 Å². The van der Waals surface area contributed by atoms with E-state index in [1.54, 1.807) is 49.7 Å².